The summed E-state index contributed by atoms with van der Waals surface area (Å²) in [4.78, 5) is 14.2. The van der Waals surface area contributed by atoms with Crippen LogP contribution in [0, 0.1) is 0 Å². The Morgan fingerprint density at radius 1 is 1.35 bits per heavy atom. The van der Waals surface area contributed by atoms with Gasteiger partial charge in [0.05, 0.1) is 5.56 Å². The summed E-state index contributed by atoms with van der Waals surface area (Å²) < 4.78 is 38.2. The molecule has 1 fully saturated rings. The minimum atomic E-state index is -4.42. The average molecular weight is 329 g/mol. The molecule has 4 nitrogen and oxygen atoms in total. The van der Waals surface area contributed by atoms with E-state index in [0.29, 0.717) is 6.54 Å². The molecule has 1 saturated heterocycles. The van der Waals surface area contributed by atoms with Gasteiger partial charge in [0.2, 0.25) is 0 Å². The molecular formula is C16H22F3N3O. The van der Waals surface area contributed by atoms with Crippen LogP contribution < -0.4 is 10.6 Å². The zero-order chi connectivity index (χ0) is 16.9. The number of hydrogen-bond acceptors (Lipinski definition) is 2. The predicted molar refractivity (Wildman–Crippen MR) is 83.4 cm³/mol. The molecule has 23 heavy (non-hydrogen) atoms. The lowest BCUT2D eigenvalue weighted by Crippen LogP contribution is -2.48. The number of urea groups is 1. The third-order valence-corrected chi connectivity index (χ3v) is 3.92. The van der Waals surface area contributed by atoms with Gasteiger partial charge in [-0.1, -0.05) is 13.0 Å². The summed E-state index contributed by atoms with van der Waals surface area (Å²) in [6.07, 6.45) is -1.90. The number of hydrogen-bond donors (Lipinski definition) is 2. The van der Waals surface area contributed by atoms with Gasteiger partial charge in [-0.05, 0) is 50.6 Å². The maximum absolute atomic E-state index is 12.7. The van der Waals surface area contributed by atoms with Gasteiger partial charge in [-0.15, -0.1) is 0 Å². The standard InChI is InChI=1S/C16H22F3N3O/c1-2-10-22(14-6-8-20-9-7-14)15(23)21-13-5-3-4-12(11-13)16(17,18)19/h3-5,11,14,20H,2,6-10H2,1H3,(H,21,23). The first kappa shape index (κ1) is 17.6. The quantitative estimate of drug-likeness (QED) is 0.885. The molecular weight excluding hydrogens is 307 g/mol. The number of amides is 2. The Bertz CT molecular complexity index is 528. The van der Waals surface area contributed by atoms with Gasteiger partial charge in [-0.25, -0.2) is 4.79 Å². The molecule has 1 aliphatic rings. The normalized spacial score (nSPS) is 16.2. The Morgan fingerprint density at radius 3 is 2.65 bits per heavy atom. The van der Waals surface area contributed by atoms with Crippen LogP contribution in [0.4, 0.5) is 23.7 Å². The van der Waals surface area contributed by atoms with E-state index in [-0.39, 0.29) is 17.8 Å². The lowest BCUT2D eigenvalue weighted by molar-refractivity contribution is -0.137. The number of alkyl halides is 3. The average Bonchev–Trinajstić information content (AvgIpc) is 2.53. The molecule has 0 atom stereocenters. The molecule has 2 rings (SSSR count). The fourth-order valence-corrected chi connectivity index (χ4v) is 2.78. The molecule has 0 bridgehead atoms. The van der Waals surface area contributed by atoms with Crippen LogP contribution >= 0.6 is 0 Å². The Balaban J connectivity index is 2.08. The summed E-state index contributed by atoms with van der Waals surface area (Å²) in [5, 5.41) is 5.84. The second kappa shape index (κ2) is 7.68. The Kier molecular flexibility index (Phi) is 5.87. The van der Waals surface area contributed by atoms with Crippen LogP contribution in [0.3, 0.4) is 0 Å². The van der Waals surface area contributed by atoms with Crippen molar-refractivity contribution in [1.82, 2.24) is 10.2 Å². The van der Waals surface area contributed by atoms with Crippen LogP contribution in [-0.4, -0.2) is 36.6 Å². The van der Waals surface area contributed by atoms with E-state index in [1.165, 1.54) is 12.1 Å². The number of piperidine rings is 1. The number of rotatable bonds is 4. The molecule has 2 amide bonds. The summed E-state index contributed by atoms with van der Waals surface area (Å²) in [6.45, 7) is 4.27. The second-order valence-corrected chi connectivity index (χ2v) is 5.68. The zero-order valence-electron chi connectivity index (χ0n) is 13.1. The van der Waals surface area contributed by atoms with Crippen LogP contribution in [-0.2, 0) is 6.18 Å². The van der Waals surface area contributed by atoms with E-state index in [9.17, 15) is 18.0 Å². The maximum Gasteiger partial charge on any atom is 0.416 e. The van der Waals surface area contributed by atoms with Crippen LogP contribution in [0.2, 0.25) is 0 Å². The van der Waals surface area contributed by atoms with Gasteiger partial charge < -0.3 is 15.5 Å². The van der Waals surface area contributed by atoms with E-state index in [0.717, 1.165) is 44.5 Å². The highest BCUT2D eigenvalue weighted by atomic mass is 19.4. The van der Waals surface area contributed by atoms with Crippen molar-refractivity contribution in [2.24, 2.45) is 0 Å². The third-order valence-electron chi connectivity index (χ3n) is 3.92. The molecule has 0 aliphatic carbocycles. The van der Waals surface area contributed by atoms with Gasteiger partial charge in [0.15, 0.2) is 0 Å². The Morgan fingerprint density at radius 2 is 2.04 bits per heavy atom. The number of nitrogens with one attached hydrogen (secondary N) is 2. The third kappa shape index (κ3) is 4.86. The van der Waals surface area contributed by atoms with Gasteiger partial charge in [0.1, 0.15) is 0 Å². The van der Waals surface area contributed by atoms with Crippen LogP contribution in [0.25, 0.3) is 0 Å². The van der Waals surface area contributed by atoms with Crippen molar-refractivity contribution in [2.75, 3.05) is 25.0 Å². The second-order valence-electron chi connectivity index (χ2n) is 5.68. The lowest BCUT2D eigenvalue weighted by Gasteiger charge is -2.34. The van der Waals surface area contributed by atoms with Crippen molar-refractivity contribution >= 4 is 11.7 Å². The Labute approximate surface area is 134 Å². The van der Waals surface area contributed by atoms with Gasteiger partial charge in [0, 0.05) is 18.3 Å². The van der Waals surface area contributed by atoms with Crippen molar-refractivity contribution in [3.8, 4) is 0 Å². The van der Waals surface area contributed by atoms with Crippen molar-refractivity contribution in [3.05, 3.63) is 29.8 Å². The van der Waals surface area contributed by atoms with Gasteiger partial charge >= 0.3 is 12.2 Å². The molecule has 1 aromatic rings. The smallest absolute Gasteiger partial charge is 0.321 e. The van der Waals surface area contributed by atoms with E-state index in [1.54, 1.807) is 4.90 Å². The summed E-state index contributed by atoms with van der Waals surface area (Å²) in [5.74, 6) is 0. The largest absolute Gasteiger partial charge is 0.416 e. The van der Waals surface area contributed by atoms with Crippen molar-refractivity contribution in [2.45, 2.75) is 38.4 Å². The highest BCUT2D eigenvalue weighted by Crippen LogP contribution is 2.30. The molecule has 0 aromatic heterocycles. The fraction of sp³-hybridized carbons (Fsp3) is 0.562. The zero-order valence-corrected chi connectivity index (χ0v) is 13.1. The van der Waals surface area contributed by atoms with Crippen molar-refractivity contribution in [1.29, 1.82) is 0 Å². The maximum atomic E-state index is 12.7. The minimum Gasteiger partial charge on any atom is -0.321 e. The molecule has 2 N–H and O–H groups in total. The molecule has 1 heterocycles. The van der Waals surface area contributed by atoms with Crippen LogP contribution in [0.15, 0.2) is 24.3 Å². The van der Waals surface area contributed by atoms with E-state index in [2.05, 4.69) is 10.6 Å². The topological polar surface area (TPSA) is 44.4 Å². The number of nitrogens with zero attached hydrogens (tertiary/aromatic N) is 1. The molecule has 1 aliphatic heterocycles. The molecule has 0 spiro atoms. The summed E-state index contributed by atoms with van der Waals surface area (Å²) in [6, 6.07) is 4.52. The first-order valence-corrected chi connectivity index (χ1v) is 7.87. The summed E-state index contributed by atoms with van der Waals surface area (Å²) in [7, 11) is 0. The van der Waals surface area contributed by atoms with E-state index in [4.69, 9.17) is 0 Å². The van der Waals surface area contributed by atoms with Gasteiger partial charge in [-0.2, -0.15) is 13.2 Å². The van der Waals surface area contributed by atoms with Crippen molar-refractivity contribution in [3.63, 3.8) is 0 Å². The monoisotopic (exact) mass is 329 g/mol. The predicted octanol–water partition coefficient (Wildman–Crippen LogP) is 3.70. The molecule has 1 aromatic carbocycles. The SMILES string of the molecule is CCCN(C(=O)Nc1cccc(C(F)(F)F)c1)C1CCNCC1. The Hall–Kier alpha value is -1.76. The number of carbonyl (C=O) groups is 1. The van der Waals surface area contributed by atoms with Crippen LogP contribution in [0.5, 0.6) is 0 Å². The minimum absolute atomic E-state index is 0.127. The highest BCUT2D eigenvalue weighted by Gasteiger charge is 2.31. The number of halogens is 3. The first-order chi connectivity index (χ1) is 10.9. The number of carbonyl (C=O) groups excluding carboxylic acids is 1. The van der Waals surface area contributed by atoms with Crippen LogP contribution in [0.1, 0.15) is 31.7 Å². The fourth-order valence-electron chi connectivity index (χ4n) is 2.78. The number of anilines is 1. The van der Waals surface area contributed by atoms with Gasteiger partial charge in [-0.3, -0.25) is 0 Å². The molecule has 128 valence electrons. The molecule has 0 radical (unpaired) electrons. The molecule has 7 heteroatoms. The van der Waals surface area contributed by atoms with E-state index in [1.807, 2.05) is 6.92 Å². The molecule has 0 unspecified atom stereocenters. The van der Waals surface area contributed by atoms with Crippen molar-refractivity contribution < 1.29 is 18.0 Å². The van der Waals surface area contributed by atoms with E-state index >= 15 is 0 Å². The highest BCUT2D eigenvalue weighted by molar-refractivity contribution is 5.89. The first-order valence-electron chi connectivity index (χ1n) is 7.87. The summed E-state index contributed by atoms with van der Waals surface area (Å²) >= 11 is 0. The van der Waals surface area contributed by atoms with E-state index < -0.39 is 11.7 Å². The molecule has 0 saturated carbocycles. The van der Waals surface area contributed by atoms with Gasteiger partial charge in [0.25, 0.3) is 0 Å². The lowest BCUT2D eigenvalue weighted by atomic mass is 10.0. The summed E-state index contributed by atoms with van der Waals surface area (Å²) in [5.41, 5.74) is -0.598. The number of benzene rings is 1.